The van der Waals surface area contributed by atoms with Gasteiger partial charge in [-0.3, -0.25) is 4.79 Å². The molecule has 0 radical (unpaired) electrons. The van der Waals surface area contributed by atoms with Crippen molar-refractivity contribution in [3.05, 3.63) is 23.8 Å². The smallest absolute Gasteiger partial charge is 0.165 e. The van der Waals surface area contributed by atoms with Crippen LogP contribution in [0.25, 0.3) is 0 Å². The first-order valence-corrected chi connectivity index (χ1v) is 6.48. The minimum Gasteiger partial charge on any atom is -0.491 e. The van der Waals surface area contributed by atoms with Gasteiger partial charge in [0.05, 0.1) is 12.3 Å². The largest absolute Gasteiger partial charge is 0.491 e. The Hall–Kier alpha value is -1.51. The van der Waals surface area contributed by atoms with Crippen molar-refractivity contribution < 1.29 is 9.53 Å². The molecule has 0 aliphatic heterocycles. The van der Waals surface area contributed by atoms with Crippen LogP contribution in [0.1, 0.15) is 44.5 Å². The summed E-state index contributed by atoms with van der Waals surface area (Å²) in [7, 11) is 0. The van der Waals surface area contributed by atoms with Gasteiger partial charge in [0.15, 0.2) is 5.78 Å². The summed E-state index contributed by atoms with van der Waals surface area (Å²) >= 11 is 0. The van der Waals surface area contributed by atoms with Crippen molar-refractivity contribution in [2.45, 2.75) is 34.1 Å². The van der Waals surface area contributed by atoms with Crippen molar-refractivity contribution in [2.75, 3.05) is 12.3 Å². The summed E-state index contributed by atoms with van der Waals surface area (Å²) in [4.78, 5) is 11.8. The van der Waals surface area contributed by atoms with E-state index in [9.17, 15) is 4.79 Å². The van der Waals surface area contributed by atoms with E-state index in [1.165, 1.54) is 0 Å². The number of ketones is 1. The van der Waals surface area contributed by atoms with Gasteiger partial charge in [-0.1, -0.05) is 27.7 Å². The fraction of sp³-hybridized carbons (Fsp3) is 0.533. The fourth-order valence-corrected chi connectivity index (χ4v) is 1.57. The van der Waals surface area contributed by atoms with Gasteiger partial charge < -0.3 is 10.5 Å². The fourth-order valence-electron chi connectivity index (χ4n) is 1.57. The number of ether oxygens (including phenoxy) is 1. The zero-order valence-corrected chi connectivity index (χ0v) is 11.7. The van der Waals surface area contributed by atoms with Crippen molar-refractivity contribution >= 4 is 11.5 Å². The summed E-state index contributed by atoms with van der Waals surface area (Å²) in [5, 5.41) is 0. The van der Waals surface area contributed by atoms with E-state index in [1.54, 1.807) is 18.2 Å². The molecule has 3 nitrogen and oxygen atoms in total. The van der Waals surface area contributed by atoms with Gasteiger partial charge in [-0.15, -0.1) is 0 Å². The van der Waals surface area contributed by atoms with Gasteiger partial charge in [0.25, 0.3) is 0 Å². The molecule has 0 aromatic heterocycles. The molecule has 0 fully saturated rings. The van der Waals surface area contributed by atoms with Crippen LogP contribution in [0.5, 0.6) is 5.75 Å². The highest BCUT2D eigenvalue weighted by Gasteiger charge is 2.12. The van der Waals surface area contributed by atoms with E-state index in [4.69, 9.17) is 10.5 Å². The minimum absolute atomic E-state index is 0.0166. The summed E-state index contributed by atoms with van der Waals surface area (Å²) in [5.74, 6) is 1.36. The molecule has 3 heteroatoms. The van der Waals surface area contributed by atoms with Gasteiger partial charge in [0.2, 0.25) is 0 Å². The number of anilines is 1. The van der Waals surface area contributed by atoms with Crippen LogP contribution in [0, 0.1) is 11.8 Å². The summed E-state index contributed by atoms with van der Waals surface area (Å²) in [6.07, 6.45) is 0.992. The molecular formula is C15H23NO2. The molecule has 1 aromatic rings. The van der Waals surface area contributed by atoms with Crippen LogP contribution in [0.15, 0.2) is 18.2 Å². The highest BCUT2D eigenvalue weighted by molar-refractivity contribution is 5.98. The van der Waals surface area contributed by atoms with E-state index in [0.717, 1.165) is 6.42 Å². The van der Waals surface area contributed by atoms with Gasteiger partial charge in [0.1, 0.15) is 5.75 Å². The number of Topliss-reactive ketones (excluding diaryl/α,β-unsaturated/α-hetero) is 1. The molecule has 0 atom stereocenters. The summed E-state index contributed by atoms with van der Waals surface area (Å²) in [5.41, 5.74) is 7.08. The Morgan fingerprint density at radius 3 is 2.44 bits per heavy atom. The molecule has 0 saturated carbocycles. The molecule has 0 saturated heterocycles. The maximum Gasteiger partial charge on any atom is 0.165 e. The monoisotopic (exact) mass is 249 g/mol. The molecule has 1 aromatic carbocycles. The number of carbonyl (C=O) groups is 1. The predicted molar refractivity (Wildman–Crippen MR) is 75.0 cm³/mol. The van der Waals surface area contributed by atoms with Crippen LogP contribution < -0.4 is 10.5 Å². The number of rotatable bonds is 6. The van der Waals surface area contributed by atoms with Crippen molar-refractivity contribution in [1.82, 2.24) is 0 Å². The van der Waals surface area contributed by atoms with Crippen LogP contribution in [0.4, 0.5) is 5.69 Å². The molecule has 0 amide bonds. The molecule has 0 aliphatic carbocycles. The molecular weight excluding hydrogens is 226 g/mol. The normalized spacial score (nSPS) is 11.0. The molecule has 18 heavy (non-hydrogen) atoms. The number of nitrogen functional groups attached to an aromatic ring is 1. The average Bonchev–Trinajstić information content (AvgIpc) is 2.29. The maximum absolute atomic E-state index is 11.8. The zero-order valence-electron chi connectivity index (χ0n) is 11.7. The van der Waals surface area contributed by atoms with Gasteiger partial charge >= 0.3 is 0 Å². The number of hydrogen-bond donors (Lipinski definition) is 1. The lowest BCUT2D eigenvalue weighted by Gasteiger charge is -2.12. The molecule has 0 heterocycles. The van der Waals surface area contributed by atoms with E-state index in [2.05, 4.69) is 13.8 Å². The van der Waals surface area contributed by atoms with E-state index in [1.807, 2.05) is 13.8 Å². The third kappa shape index (κ3) is 4.06. The average molecular weight is 249 g/mol. The van der Waals surface area contributed by atoms with Crippen LogP contribution in [0.2, 0.25) is 0 Å². The molecule has 0 unspecified atom stereocenters. The molecule has 0 spiro atoms. The van der Waals surface area contributed by atoms with E-state index < -0.39 is 0 Å². The van der Waals surface area contributed by atoms with Gasteiger partial charge in [-0.05, 0) is 30.5 Å². The van der Waals surface area contributed by atoms with Gasteiger partial charge in [-0.25, -0.2) is 0 Å². The first-order valence-electron chi connectivity index (χ1n) is 6.48. The second-order valence-electron chi connectivity index (χ2n) is 5.30. The number of nitrogens with two attached hydrogens (primary N) is 1. The number of benzene rings is 1. The highest BCUT2D eigenvalue weighted by Crippen LogP contribution is 2.24. The standard InChI is InChI=1S/C15H23NO2/c1-10(2)7-8-18-14-6-5-12(9-13(14)16)15(17)11(3)4/h5-6,9-11H,7-8,16H2,1-4H3. The molecule has 2 N–H and O–H groups in total. The quantitative estimate of drug-likeness (QED) is 0.619. The van der Waals surface area contributed by atoms with Gasteiger partial charge in [0, 0.05) is 11.5 Å². The third-order valence-corrected chi connectivity index (χ3v) is 2.77. The Bertz CT molecular complexity index is 411. The lowest BCUT2D eigenvalue weighted by Crippen LogP contribution is -2.09. The molecule has 0 aliphatic rings. The van der Waals surface area contributed by atoms with Crippen LogP contribution in [-0.4, -0.2) is 12.4 Å². The minimum atomic E-state index is -0.0166. The lowest BCUT2D eigenvalue weighted by atomic mass is 10.0. The number of hydrogen-bond acceptors (Lipinski definition) is 3. The summed E-state index contributed by atoms with van der Waals surface area (Å²) < 4.78 is 5.61. The predicted octanol–water partition coefficient (Wildman–Crippen LogP) is 3.53. The Balaban J connectivity index is 2.71. The Morgan fingerprint density at radius 1 is 1.28 bits per heavy atom. The van der Waals surface area contributed by atoms with E-state index in [0.29, 0.717) is 29.5 Å². The second kappa shape index (κ2) is 6.43. The van der Waals surface area contributed by atoms with E-state index in [-0.39, 0.29) is 11.7 Å². The first kappa shape index (κ1) is 14.6. The Kier molecular flexibility index (Phi) is 5.20. The Labute approximate surface area is 109 Å². The molecule has 100 valence electrons. The maximum atomic E-state index is 11.8. The second-order valence-corrected chi connectivity index (χ2v) is 5.30. The van der Waals surface area contributed by atoms with Crippen molar-refractivity contribution in [3.8, 4) is 5.75 Å². The first-order chi connectivity index (χ1) is 8.41. The lowest BCUT2D eigenvalue weighted by molar-refractivity contribution is 0.0939. The molecule has 0 bridgehead atoms. The molecule has 1 rings (SSSR count). The zero-order chi connectivity index (χ0) is 13.7. The van der Waals surface area contributed by atoms with Crippen molar-refractivity contribution in [1.29, 1.82) is 0 Å². The van der Waals surface area contributed by atoms with Gasteiger partial charge in [-0.2, -0.15) is 0 Å². The van der Waals surface area contributed by atoms with Crippen molar-refractivity contribution in [2.24, 2.45) is 11.8 Å². The third-order valence-electron chi connectivity index (χ3n) is 2.77. The topological polar surface area (TPSA) is 52.3 Å². The van der Waals surface area contributed by atoms with Crippen molar-refractivity contribution in [3.63, 3.8) is 0 Å². The number of carbonyl (C=O) groups excluding carboxylic acids is 1. The van der Waals surface area contributed by atoms with E-state index >= 15 is 0 Å². The summed E-state index contributed by atoms with van der Waals surface area (Å²) in [6, 6.07) is 5.27. The van der Waals surface area contributed by atoms with Crippen LogP contribution in [0.3, 0.4) is 0 Å². The Morgan fingerprint density at radius 2 is 1.94 bits per heavy atom. The van der Waals surface area contributed by atoms with Crippen LogP contribution >= 0.6 is 0 Å². The van der Waals surface area contributed by atoms with Crippen LogP contribution in [-0.2, 0) is 0 Å². The SMILES string of the molecule is CC(C)CCOc1ccc(C(=O)C(C)C)cc1N. The summed E-state index contributed by atoms with van der Waals surface area (Å²) in [6.45, 7) is 8.71. The highest BCUT2D eigenvalue weighted by atomic mass is 16.5.